The smallest absolute Gasteiger partial charge is 0.303 e. The maximum atomic E-state index is 11.5. The molecule has 3 aromatic rings. The van der Waals surface area contributed by atoms with Gasteiger partial charge in [0.15, 0.2) is 0 Å². The summed E-state index contributed by atoms with van der Waals surface area (Å²) < 4.78 is 5.40. The quantitative estimate of drug-likeness (QED) is 0.424. The van der Waals surface area contributed by atoms with Gasteiger partial charge in [-0.15, -0.1) is 11.3 Å². The summed E-state index contributed by atoms with van der Waals surface area (Å²) in [7, 11) is 1.69. The summed E-state index contributed by atoms with van der Waals surface area (Å²) in [5.41, 5.74) is 2.27. The topological polar surface area (TPSA) is 75.5 Å². The van der Waals surface area contributed by atoms with E-state index in [4.69, 9.17) is 4.74 Å². The highest BCUT2D eigenvalue weighted by atomic mass is 32.1. The summed E-state index contributed by atoms with van der Waals surface area (Å²) in [6.45, 7) is 2.98. The van der Waals surface area contributed by atoms with Gasteiger partial charge in [0.1, 0.15) is 5.75 Å². The van der Waals surface area contributed by atoms with E-state index < -0.39 is 5.97 Å². The van der Waals surface area contributed by atoms with Gasteiger partial charge in [-0.1, -0.05) is 0 Å². The second kappa shape index (κ2) is 11.6. The Labute approximate surface area is 199 Å². The van der Waals surface area contributed by atoms with E-state index in [-0.39, 0.29) is 12.3 Å². The van der Waals surface area contributed by atoms with Gasteiger partial charge in [-0.3, -0.25) is 9.78 Å². The summed E-state index contributed by atoms with van der Waals surface area (Å²) in [5, 5.41) is 13.9. The van der Waals surface area contributed by atoms with Crippen LogP contribution in [-0.4, -0.2) is 52.7 Å². The number of pyridine rings is 1. The zero-order valence-electron chi connectivity index (χ0n) is 19.3. The molecule has 2 aromatic heterocycles. The number of aliphatic carboxylic acids is 1. The predicted molar refractivity (Wildman–Crippen MR) is 132 cm³/mol. The van der Waals surface area contributed by atoms with Gasteiger partial charge >= 0.3 is 5.97 Å². The van der Waals surface area contributed by atoms with Crippen LogP contribution in [0.2, 0.25) is 0 Å². The molecule has 33 heavy (non-hydrogen) atoms. The van der Waals surface area contributed by atoms with Gasteiger partial charge in [0.25, 0.3) is 0 Å². The molecular formula is C26H33N3O3S. The number of hydrogen-bond donors (Lipinski definition) is 1. The monoisotopic (exact) mass is 467 g/mol. The molecule has 1 N–H and O–H groups in total. The molecule has 0 amide bonds. The summed E-state index contributed by atoms with van der Waals surface area (Å²) in [6.07, 6.45) is 10.3. The third-order valence-corrected chi connectivity index (χ3v) is 7.66. The molecule has 1 aliphatic rings. The first-order valence-electron chi connectivity index (χ1n) is 11.9. The molecule has 0 bridgehead atoms. The molecule has 0 radical (unpaired) electrons. The molecule has 0 saturated carbocycles. The van der Waals surface area contributed by atoms with Crippen molar-refractivity contribution in [2.75, 3.05) is 26.7 Å². The number of hydrogen-bond acceptors (Lipinski definition) is 6. The van der Waals surface area contributed by atoms with Crippen molar-refractivity contribution in [1.29, 1.82) is 0 Å². The molecule has 6 nitrogen and oxygen atoms in total. The fourth-order valence-corrected chi connectivity index (χ4v) is 5.77. The Morgan fingerprint density at radius 1 is 1.18 bits per heavy atom. The Bertz CT molecular complexity index is 1040. The van der Waals surface area contributed by atoms with E-state index in [2.05, 4.69) is 27.0 Å². The molecule has 176 valence electrons. The van der Waals surface area contributed by atoms with Crippen LogP contribution in [0.25, 0.3) is 10.9 Å². The van der Waals surface area contributed by atoms with E-state index in [9.17, 15) is 9.90 Å². The number of methoxy groups -OCH3 is 1. The van der Waals surface area contributed by atoms with Crippen molar-refractivity contribution in [3.63, 3.8) is 0 Å². The Kier molecular flexibility index (Phi) is 8.29. The maximum Gasteiger partial charge on any atom is 0.303 e. The standard InChI is InChI=1S/C26H33N3O3S/c1-32-22-7-8-24-23(17-22)20(9-11-27-24)5-2-4-19-10-14-29(18-21(19)16-26(30)31)13-3-6-25-28-12-15-33-25/h7-9,11-12,15,17,19,21H,2-6,10,13-14,16,18H2,1H3,(H,30,31)/t19-,21+/m1/s1. The van der Waals surface area contributed by atoms with Gasteiger partial charge in [-0.25, -0.2) is 4.98 Å². The maximum absolute atomic E-state index is 11.5. The van der Waals surface area contributed by atoms with Crippen LogP contribution in [0.3, 0.4) is 0 Å². The number of fused-ring (bicyclic) bond motifs is 1. The number of carboxylic acid groups (broad SMARTS) is 1. The first-order chi connectivity index (χ1) is 16.1. The van der Waals surface area contributed by atoms with Crippen molar-refractivity contribution in [3.8, 4) is 5.75 Å². The van der Waals surface area contributed by atoms with Gasteiger partial charge < -0.3 is 14.7 Å². The lowest BCUT2D eigenvalue weighted by Crippen LogP contribution is -2.41. The van der Waals surface area contributed by atoms with Crippen LogP contribution in [0, 0.1) is 11.8 Å². The number of ether oxygens (including phenoxy) is 1. The molecule has 0 aliphatic carbocycles. The van der Waals surface area contributed by atoms with Crippen molar-refractivity contribution >= 4 is 28.2 Å². The first-order valence-corrected chi connectivity index (χ1v) is 12.7. The van der Waals surface area contributed by atoms with Crippen LogP contribution in [0.1, 0.15) is 42.7 Å². The third-order valence-electron chi connectivity index (χ3n) is 6.82. The number of piperidine rings is 1. The fourth-order valence-electron chi connectivity index (χ4n) is 5.11. The molecule has 2 atom stereocenters. The molecule has 4 rings (SSSR count). The minimum absolute atomic E-state index is 0.227. The molecule has 3 heterocycles. The van der Waals surface area contributed by atoms with Gasteiger partial charge in [0.05, 0.1) is 17.6 Å². The molecule has 1 aliphatic heterocycles. The largest absolute Gasteiger partial charge is 0.497 e. The number of rotatable bonds is 11. The second-order valence-corrected chi connectivity index (χ2v) is 9.96. The Morgan fingerprint density at radius 3 is 2.88 bits per heavy atom. The van der Waals surface area contributed by atoms with Crippen LogP contribution in [-0.2, 0) is 17.6 Å². The number of benzene rings is 1. The van der Waals surface area contributed by atoms with Gasteiger partial charge in [-0.05, 0) is 86.9 Å². The molecule has 1 saturated heterocycles. The molecule has 0 spiro atoms. The minimum atomic E-state index is -0.679. The van der Waals surface area contributed by atoms with Crippen LogP contribution >= 0.6 is 11.3 Å². The summed E-state index contributed by atoms with van der Waals surface area (Å²) in [6, 6.07) is 8.11. The predicted octanol–water partition coefficient (Wildman–Crippen LogP) is 5.07. The number of nitrogens with zero attached hydrogens (tertiary/aromatic N) is 3. The SMILES string of the molecule is COc1ccc2nccc(CCC[C@@H]3CCN(CCCc4nccs4)C[C@@H]3CC(=O)O)c2c1. The normalized spacial score (nSPS) is 19.1. The average Bonchev–Trinajstić information content (AvgIpc) is 3.33. The second-order valence-electron chi connectivity index (χ2n) is 8.98. The third kappa shape index (κ3) is 6.51. The first kappa shape index (κ1) is 23.6. The van der Waals surface area contributed by atoms with E-state index >= 15 is 0 Å². The van der Waals surface area contributed by atoms with Gasteiger partial charge in [0, 0.05) is 42.5 Å². The number of likely N-dealkylation sites (tertiary alicyclic amines) is 1. The Balaban J connectivity index is 1.31. The highest BCUT2D eigenvalue weighted by Gasteiger charge is 2.30. The van der Waals surface area contributed by atoms with Gasteiger partial charge in [0.2, 0.25) is 0 Å². The molecule has 7 heteroatoms. The highest BCUT2D eigenvalue weighted by Crippen LogP contribution is 2.32. The minimum Gasteiger partial charge on any atom is -0.497 e. The lowest BCUT2D eigenvalue weighted by molar-refractivity contribution is -0.139. The molecular weight excluding hydrogens is 434 g/mol. The number of aryl methyl sites for hydroxylation is 2. The summed E-state index contributed by atoms with van der Waals surface area (Å²) in [4.78, 5) is 22.8. The summed E-state index contributed by atoms with van der Waals surface area (Å²) >= 11 is 1.71. The number of thiazole rings is 1. The van der Waals surface area contributed by atoms with Crippen LogP contribution in [0.5, 0.6) is 5.75 Å². The van der Waals surface area contributed by atoms with Crippen LogP contribution < -0.4 is 4.74 Å². The zero-order valence-corrected chi connectivity index (χ0v) is 20.1. The lowest BCUT2D eigenvalue weighted by atomic mass is 9.79. The Morgan fingerprint density at radius 2 is 2.09 bits per heavy atom. The van der Waals surface area contributed by atoms with E-state index in [0.717, 1.165) is 74.8 Å². The van der Waals surface area contributed by atoms with Crippen molar-refractivity contribution in [1.82, 2.24) is 14.9 Å². The van der Waals surface area contributed by atoms with Gasteiger partial charge in [-0.2, -0.15) is 0 Å². The summed E-state index contributed by atoms with van der Waals surface area (Å²) in [5.74, 6) is 0.867. The average molecular weight is 468 g/mol. The molecule has 1 aromatic carbocycles. The molecule has 1 fully saturated rings. The van der Waals surface area contributed by atoms with Crippen molar-refractivity contribution in [2.24, 2.45) is 11.8 Å². The lowest BCUT2D eigenvalue weighted by Gasteiger charge is -2.38. The van der Waals surface area contributed by atoms with Crippen molar-refractivity contribution in [3.05, 3.63) is 52.6 Å². The molecule has 0 unspecified atom stereocenters. The van der Waals surface area contributed by atoms with Crippen molar-refractivity contribution in [2.45, 2.75) is 44.9 Å². The van der Waals surface area contributed by atoms with Crippen molar-refractivity contribution < 1.29 is 14.6 Å². The fraction of sp³-hybridized carbons (Fsp3) is 0.500. The van der Waals surface area contributed by atoms with Crippen LogP contribution in [0.15, 0.2) is 42.0 Å². The number of carboxylic acids is 1. The van der Waals surface area contributed by atoms with E-state index in [1.54, 1.807) is 18.4 Å². The van der Waals surface area contributed by atoms with E-state index in [1.807, 2.05) is 29.9 Å². The number of aromatic nitrogens is 2. The van der Waals surface area contributed by atoms with E-state index in [1.165, 1.54) is 10.6 Å². The number of carbonyl (C=O) groups is 1. The highest BCUT2D eigenvalue weighted by molar-refractivity contribution is 7.09. The van der Waals surface area contributed by atoms with E-state index in [0.29, 0.717) is 5.92 Å². The zero-order chi connectivity index (χ0) is 23.0. The Hall–Kier alpha value is -2.51. The van der Waals surface area contributed by atoms with Crippen LogP contribution in [0.4, 0.5) is 0 Å².